The minimum Gasteiger partial charge on any atom is -0.453 e. The maximum atomic E-state index is 12.5. The van der Waals surface area contributed by atoms with Crippen LogP contribution in [0.4, 0.5) is 5.69 Å². The molecule has 0 saturated heterocycles. The average molecular weight is 422 g/mol. The minimum absolute atomic E-state index is 0.309. The third-order valence-electron chi connectivity index (χ3n) is 4.76. The lowest BCUT2D eigenvalue weighted by Crippen LogP contribution is -2.34. The Morgan fingerprint density at radius 3 is 2.64 bits per heavy atom. The van der Waals surface area contributed by atoms with Crippen LogP contribution in [0.25, 0.3) is 0 Å². The summed E-state index contributed by atoms with van der Waals surface area (Å²) < 4.78 is 30.4. The van der Waals surface area contributed by atoms with Gasteiger partial charge in [-0.2, -0.15) is 0 Å². The zero-order chi connectivity index (χ0) is 20.5. The largest absolute Gasteiger partial charge is 0.453 e. The Morgan fingerprint density at radius 1 is 1.25 bits per heavy atom. The van der Waals surface area contributed by atoms with Crippen LogP contribution in [0.1, 0.15) is 49.4 Å². The zero-order valence-electron chi connectivity index (χ0n) is 16.1. The molecule has 0 amide bonds. The second-order valence-corrected chi connectivity index (χ2v) is 9.90. The fourth-order valence-corrected chi connectivity index (χ4v) is 5.34. The van der Waals surface area contributed by atoms with Gasteiger partial charge in [-0.3, -0.25) is 9.10 Å². The summed E-state index contributed by atoms with van der Waals surface area (Å²) in [5.41, 5.74) is 2.90. The van der Waals surface area contributed by atoms with E-state index in [-0.39, 0.29) is 12.4 Å². The molecule has 0 atom stereocenters. The number of Topliss-reactive ketones (excluding diaryl/α,β-unsaturated/α-hetero) is 1. The lowest BCUT2D eigenvalue weighted by atomic mass is 9.99. The molecule has 0 fully saturated rings. The number of rotatable bonds is 6. The molecule has 8 heteroatoms. The molecule has 28 heavy (non-hydrogen) atoms. The summed E-state index contributed by atoms with van der Waals surface area (Å²) in [5, 5.41) is 0. The van der Waals surface area contributed by atoms with Crippen molar-refractivity contribution in [3.8, 4) is 0 Å². The first-order chi connectivity index (χ1) is 13.2. The summed E-state index contributed by atoms with van der Waals surface area (Å²) in [4.78, 5) is 26.3. The number of thiophene rings is 1. The third-order valence-corrected chi connectivity index (χ3v) is 7.30. The van der Waals surface area contributed by atoms with Crippen molar-refractivity contribution in [2.75, 3.05) is 23.7 Å². The van der Waals surface area contributed by atoms with Crippen molar-refractivity contribution in [2.24, 2.45) is 0 Å². The van der Waals surface area contributed by atoms with E-state index in [0.717, 1.165) is 22.4 Å². The predicted octanol–water partition coefficient (Wildman–Crippen LogP) is 3.37. The Labute approximate surface area is 169 Å². The Hall–Kier alpha value is -2.19. The average Bonchev–Trinajstić information content (AvgIpc) is 3.05. The van der Waals surface area contributed by atoms with Crippen LogP contribution in [0, 0.1) is 6.92 Å². The van der Waals surface area contributed by atoms with Crippen molar-refractivity contribution in [3.05, 3.63) is 50.7 Å². The first-order valence-electron chi connectivity index (χ1n) is 9.11. The number of ketones is 1. The van der Waals surface area contributed by atoms with Crippen LogP contribution in [-0.2, 0) is 27.6 Å². The van der Waals surface area contributed by atoms with Crippen LogP contribution >= 0.6 is 11.3 Å². The van der Waals surface area contributed by atoms with E-state index in [1.165, 1.54) is 21.9 Å². The lowest BCUT2D eigenvalue weighted by molar-refractivity contribution is 0.0479. The molecule has 0 N–H and O–H groups in total. The Kier molecular flexibility index (Phi) is 5.90. The molecule has 2 heterocycles. The summed E-state index contributed by atoms with van der Waals surface area (Å²) in [6.07, 6.45) is 3.43. The van der Waals surface area contributed by atoms with Crippen LogP contribution in [0.3, 0.4) is 0 Å². The van der Waals surface area contributed by atoms with Crippen molar-refractivity contribution in [2.45, 2.75) is 33.1 Å². The zero-order valence-corrected chi connectivity index (χ0v) is 17.8. The van der Waals surface area contributed by atoms with Gasteiger partial charge >= 0.3 is 5.97 Å². The molecule has 1 aliphatic rings. The highest BCUT2D eigenvalue weighted by Gasteiger charge is 2.25. The van der Waals surface area contributed by atoms with Crippen LogP contribution in [0.2, 0.25) is 0 Å². The second kappa shape index (κ2) is 8.05. The van der Waals surface area contributed by atoms with E-state index in [4.69, 9.17) is 4.74 Å². The number of anilines is 1. The molecule has 1 aromatic heterocycles. The molecule has 0 spiro atoms. The molecule has 3 rings (SSSR count). The topological polar surface area (TPSA) is 80.8 Å². The predicted molar refractivity (Wildman–Crippen MR) is 110 cm³/mol. The molecule has 0 unspecified atom stereocenters. The Bertz CT molecular complexity index is 1020. The number of aryl methyl sites for hydroxylation is 3. The van der Waals surface area contributed by atoms with Gasteiger partial charge in [-0.05, 0) is 61.6 Å². The summed E-state index contributed by atoms with van der Waals surface area (Å²) in [6, 6.07) is 6.73. The molecule has 6 nitrogen and oxygen atoms in total. The number of carbonyl (C=O) groups excluding carboxylic acids is 2. The molecule has 0 saturated carbocycles. The molecule has 1 aliphatic heterocycles. The number of nitrogens with zero attached hydrogens (tertiary/aromatic N) is 1. The van der Waals surface area contributed by atoms with E-state index in [9.17, 15) is 18.0 Å². The van der Waals surface area contributed by atoms with E-state index < -0.39 is 16.0 Å². The van der Waals surface area contributed by atoms with Crippen molar-refractivity contribution < 1.29 is 22.7 Å². The fourth-order valence-electron chi connectivity index (χ4n) is 3.34. The number of benzene rings is 1. The second-order valence-electron chi connectivity index (χ2n) is 6.85. The summed E-state index contributed by atoms with van der Waals surface area (Å²) in [6.45, 7) is 4.07. The van der Waals surface area contributed by atoms with Gasteiger partial charge in [0.15, 0.2) is 12.4 Å². The van der Waals surface area contributed by atoms with Crippen LogP contribution in [0.5, 0.6) is 0 Å². The fraction of sp³-hybridized carbons (Fsp3) is 0.400. The molecule has 150 valence electrons. The van der Waals surface area contributed by atoms with Crippen molar-refractivity contribution in [1.82, 2.24) is 0 Å². The SMILES string of the molecule is CCc1sc(C(=O)OCC(=O)c2ccc3c(c2)CCCN3S(C)(=O)=O)cc1C. The molecule has 0 radical (unpaired) electrons. The highest BCUT2D eigenvalue weighted by atomic mass is 32.2. The first-order valence-corrected chi connectivity index (χ1v) is 11.8. The standard InChI is InChI=1S/C20H23NO5S2/c1-4-18-13(2)10-19(27-18)20(23)26-12-17(22)15-7-8-16-14(11-15)6-5-9-21(16)28(3,24)25/h7-8,10-11H,4-6,9,12H2,1-3H3. The van der Waals surface area contributed by atoms with Gasteiger partial charge in [-0.25, -0.2) is 13.2 Å². The van der Waals surface area contributed by atoms with Crippen molar-refractivity contribution >= 4 is 38.8 Å². The molecule has 0 bridgehead atoms. The molecular weight excluding hydrogens is 398 g/mol. The Morgan fingerprint density at radius 2 is 2.00 bits per heavy atom. The van der Waals surface area contributed by atoms with Gasteiger partial charge in [0, 0.05) is 17.0 Å². The molecule has 1 aromatic carbocycles. The van der Waals surface area contributed by atoms with Crippen LogP contribution < -0.4 is 4.31 Å². The number of carbonyl (C=O) groups is 2. The highest BCUT2D eigenvalue weighted by Crippen LogP contribution is 2.30. The maximum Gasteiger partial charge on any atom is 0.348 e. The van der Waals surface area contributed by atoms with Gasteiger partial charge in [-0.15, -0.1) is 11.3 Å². The number of sulfonamides is 1. The van der Waals surface area contributed by atoms with Gasteiger partial charge in [0.25, 0.3) is 0 Å². The minimum atomic E-state index is -3.35. The number of fused-ring (bicyclic) bond motifs is 1. The monoisotopic (exact) mass is 421 g/mol. The van der Waals surface area contributed by atoms with E-state index in [2.05, 4.69) is 0 Å². The summed E-state index contributed by atoms with van der Waals surface area (Å²) in [7, 11) is -3.35. The number of ether oxygens (including phenoxy) is 1. The molecule has 0 aliphatic carbocycles. The number of hydrogen-bond donors (Lipinski definition) is 0. The maximum absolute atomic E-state index is 12.5. The van der Waals surface area contributed by atoms with Crippen molar-refractivity contribution in [3.63, 3.8) is 0 Å². The highest BCUT2D eigenvalue weighted by molar-refractivity contribution is 7.92. The summed E-state index contributed by atoms with van der Waals surface area (Å²) >= 11 is 1.39. The number of esters is 1. The van der Waals surface area contributed by atoms with E-state index in [1.54, 1.807) is 24.3 Å². The van der Waals surface area contributed by atoms with Gasteiger partial charge in [0.1, 0.15) is 4.88 Å². The molecule has 2 aromatic rings. The Balaban J connectivity index is 1.70. The quantitative estimate of drug-likeness (QED) is 0.528. The smallest absolute Gasteiger partial charge is 0.348 e. The normalized spacial score (nSPS) is 13.9. The third kappa shape index (κ3) is 4.28. The van der Waals surface area contributed by atoms with E-state index >= 15 is 0 Å². The lowest BCUT2D eigenvalue weighted by Gasteiger charge is -2.29. The van der Waals surface area contributed by atoms with Gasteiger partial charge in [0.05, 0.1) is 11.9 Å². The van der Waals surface area contributed by atoms with E-state index in [1.807, 2.05) is 13.8 Å². The van der Waals surface area contributed by atoms with Gasteiger partial charge in [0.2, 0.25) is 10.0 Å². The van der Waals surface area contributed by atoms with Gasteiger partial charge < -0.3 is 4.74 Å². The van der Waals surface area contributed by atoms with E-state index in [0.29, 0.717) is 35.5 Å². The van der Waals surface area contributed by atoms with Gasteiger partial charge in [-0.1, -0.05) is 6.92 Å². The summed E-state index contributed by atoms with van der Waals surface area (Å²) in [5.74, 6) is -0.806. The number of hydrogen-bond acceptors (Lipinski definition) is 6. The molecular formula is C20H23NO5S2. The first kappa shape index (κ1) is 20.5. The van der Waals surface area contributed by atoms with Crippen molar-refractivity contribution in [1.29, 1.82) is 0 Å². The van der Waals surface area contributed by atoms with Crippen LogP contribution in [0.15, 0.2) is 24.3 Å². The van der Waals surface area contributed by atoms with Crippen LogP contribution in [-0.4, -0.2) is 39.6 Å².